The van der Waals surface area contributed by atoms with Crippen molar-refractivity contribution in [2.24, 2.45) is 18.9 Å². The van der Waals surface area contributed by atoms with E-state index in [2.05, 4.69) is 10.3 Å². The van der Waals surface area contributed by atoms with Crippen LogP contribution in [-0.4, -0.2) is 72.6 Å². The van der Waals surface area contributed by atoms with E-state index in [4.69, 9.17) is 9.72 Å². The lowest BCUT2D eigenvalue weighted by atomic mass is 9.87. The van der Waals surface area contributed by atoms with E-state index in [0.29, 0.717) is 43.1 Å². The molecule has 3 atom stereocenters. The summed E-state index contributed by atoms with van der Waals surface area (Å²) in [5.41, 5.74) is 2.90. The minimum atomic E-state index is -0.750. The lowest BCUT2D eigenvalue weighted by Crippen LogP contribution is -2.31. The van der Waals surface area contributed by atoms with Gasteiger partial charge < -0.3 is 19.6 Å². The molecule has 2 aromatic rings. The third kappa shape index (κ3) is 4.97. The molecule has 3 fully saturated rings. The van der Waals surface area contributed by atoms with E-state index < -0.39 is 5.97 Å². The van der Waals surface area contributed by atoms with Crippen molar-refractivity contribution in [2.75, 3.05) is 13.6 Å². The van der Waals surface area contributed by atoms with Gasteiger partial charge in [-0.25, -0.2) is 14.5 Å². The number of likely N-dealkylation sites (N-methyl/N-ethyl adjacent to an activating group) is 1. The summed E-state index contributed by atoms with van der Waals surface area (Å²) in [4.78, 5) is 32.7. The number of aryl methyl sites for hydroxylation is 2. The van der Waals surface area contributed by atoms with Crippen molar-refractivity contribution in [2.45, 2.75) is 70.6 Å². The lowest BCUT2D eigenvalue weighted by molar-refractivity contribution is -0.143. The average molecular weight is 483 g/mol. The number of aliphatic carboxylic acids is 1. The Balaban J connectivity index is 1.30. The fourth-order valence-corrected chi connectivity index (χ4v) is 5.33. The number of amides is 2. The summed E-state index contributed by atoms with van der Waals surface area (Å²) < 4.78 is 7.86. The standard InChI is InChI=1S/C25H34N6O4/c1-15-22(35-19-6-4-5-17(12-19)24(32)33)10-9-20(26-15)23-21(30(3)28-27-23)14-31-13-18(11-16-7-8-16)29(2)25(31)34/h9-10,16-19H,4-8,11-14H2,1-3H3,(H,32,33)/t17-,18?,19-/m0/s1. The second-order valence-corrected chi connectivity index (χ2v) is 10.3. The highest BCUT2D eigenvalue weighted by molar-refractivity contribution is 5.77. The minimum absolute atomic E-state index is 0.0443. The third-order valence-electron chi connectivity index (χ3n) is 7.69. The van der Waals surface area contributed by atoms with E-state index in [-0.39, 0.29) is 24.1 Å². The molecule has 2 aliphatic carbocycles. The molecular weight excluding hydrogens is 448 g/mol. The molecule has 35 heavy (non-hydrogen) atoms. The Labute approximate surface area is 205 Å². The predicted molar refractivity (Wildman–Crippen MR) is 128 cm³/mol. The molecule has 5 rings (SSSR count). The topological polar surface area (TPSA) is 114 Å². The van der Waals surface area contributed by atoms with Crippen LogP contribution >= 0.6 is 0 Å². The fraction of sp³-hybridized carbons (Fsp3) is 0.640. The number of nitrogens with zero attached hydrogens (tertiary/aromatic N) is 6. The van der Waals surface area contributed by atoms with Gasteiger partial charge in [0.05, 0.1) is 41.7 Å². The maximum Gasteiger partial charge on any atom is 0.320 e. The van der Waals surface area contributed by atoms with Crippen LogP contribution in [0.4, 0.5) is 4.79 Å². The van der Waals surface area contributed by atoms with E-state index in [1.54, 1.807) is 4.68 Å². The summed E-state index contributed by atoms with van der Waals surface area (Å²) in [6, 6.07) is 4.04. The molecule has 188 valence electrons. The van der Waals surface area contributed by atoms with Gasteiger partial charge in [-0.2, -0.15) is 0 Å². The molecule has 0 bridgehead atoms. The van der Waals surface area contributed by atoms with Gasteiger partial charge in [0, 0.05) is 20.6 Å². The largest absolute Gasteiger partial charge is 0.489 e. The van der Waals surface area contributed by atoms with Crippen LogP contribution in [0.5, 0.6) is 5.75 Å². The number of carbonyl (C=O) groups excluding carboxylic acids is 1. The average Bonchev–Trinajstić information content (AvgIpc) is 3.53. The molecule has 10 heteroatoms. The van der Waals surface area contributed by atoms with Gasteiger partial charge in [0.15, 0.2) is 0 Å². The minimum Gasteiger partial charge on any atom is -0.489 e. The van der Waals surface area contributed by atoms with Crippen LogP contribution in [0.1, 0.15) is 56.3 Å². The molecule has 2 aromatic heterocycles. The van der Waals surface area contributed by atoms with E-state index in [0.717, 1.165) is 36.6 Å². The molecule has 0 spiro atoms. The number of carbonyl (C=O) groups is 2. The highest BCUT2D eigenvalue weighted by atomic mass is 16.5. The molecule has 1 aliphatic heterocycles. The number of carboxylic acids is 1. The summed E-state index contributed by atoms with van der Waals surface area (Å²) in [6.45, 7) is 3.03. The van der Waals surface area contributed by atoms with E-state index in [9.17, 15) is 14.7 Å². The zero-order valence-electron chi connectivity index (χ0n) is 20.7. The molecule has 3 aliphatic rings. The molecule has 1 N–H and O–H groups in total. The molecule has 1 saturated heterocycles. The summed E-state index contributed by atoms with van der Waals surface area (Å²) in [6.07, 6.45) is 6.43. The predicted octanol–water partition coefficient (Wildman–Crippen LogP) is 3.24. The van der Waals surface area contributed by atoms with Crippen LogP contribution in [0.15, 0.2) is 12.1 Å². The molecular formula is C25H34N6O4. The number of carboxylic acid groups (broad SMARTS) is 1. The van der Waals surface area contributed by atoms with Gasteiger partial charge in [0.1, 0.15) is 11.4 Å². The second-order valence-electron chi connectivity index (χ2n) is 10.3. The Kier molecular flexibility index (Phi) is 6.37. The van der Waals surface area contributed by atoms with Crippen LogP contribution in [0.25, 0.3) is 11.4 Å². The first-order valence-corrected chi connectivity index (χ1v) is 12.6. The van der Waals surface area contributed by atoms with Gasteiger partial charge in [0.2, 0.25) is 0 Å². The molecule has 0 aromatic carbocycles. The zero-order valence-corrected chi connectivity index (χ0v) is 20.7. The second kappa shape index (κ2) is 9.47. The van der Waals surface area contributed by atoms with E-state index in [1.807, 2.05) is 43.0 Å². The maximum absolute atomic E-state index is 12.9. The Bertz CT molecular complexity index is 1110. The van der Waals surface area contributed by atoms with Crippen LogP contribution in [-0.2, 0) is 18.4 Å². The van der Waals surface area contributed by atoms with Crippen molar-refractivity contribution in [1.29, 1.82) is 0 Å². The lowest BCUT2D eigenvalue weighted by Gasteiger charge is -2.27. The highest BCUT2D eigenvalue weighted by Crippen LogP contribution is 2.36. The first kappa shape index (κ1) is 23.6. The molecule has 2 amide bonds. The van der Waals surface area contributed by atoms with Crippen LogP contribution in [0, 0.1) is 18.8 Å². The number of aromatic nitrogens is 4. The summed E-state index contributed by atoms with van der Waals surface area (Å²) in [5.74, 6) is 0.329. The number of rotatable bonds is 8. The van der Waals surface area contributed by atoms with E-state index >= 15 is 0 Å². The number of ether oxygens (including phenoxy) is 1. The summed E-state index contributed by atoms with van der Waals surface area (Å²) >= 11 is 0. The van der Waals surface area contributed by atoms with Crippen molar-refractivity contribution in [3.05, 3.63) is 23.5 Å². The van der Waals surface area contributed by atoms with E-state index in [1.165, 1.54) is 12.8 Å². The number of urea groups is 1. The Hall–Kier alpha value is -3.17. The Morgan fingerprint density at radius 2 is 2.00 bits per heavy atom. The first-order valence-electron chi connectivity index (χ1n) is 12.6. The summed E-state index contributed by atoms with van der Waals surface area (Å²) in [7, 11) is 3.73. The van der Waals surface area contributed by atoms with Gasteiger partial charge in [-0.05, 0) is 57.1 Å². The number of hydrogen-bond acceptors (Lipinski definition) is 6. The van der Waals surface area contributed by atoms with Crippen molar-refractivity contribution in [3.63, 3.8) is 0 Å². The van der Waals surface area contributed by atoms with Crippen LogP contribution in [0.3, 0.4) is 0 Å². The molecule has 10 nitrogen and oxygen atoms in total. The van der Waals surface area contributed by atoms with Crippen molar-refractivity contribution >= 4 is 12.0 Å². The monoisotopic (exact) mass is 482 g/mol. The van der Waals surface area contributed by atoms with Crippen molar-refractivity contribution in [3.8, 4) is 17.1 Å². The quantitative estimate of drug-likeness (QED) is 0.614. The SMILES string of the molecule is Cc1nc(-c2nnn(C)c2CN2CC(CC3CC3)N(C)C2=O)ccc1O[C@H]1CCC[C@H](C(=O)O)C1. The van der Waals surface area contributed by atoms with Crippen LogP contribution in [0.2, 0.25) is 0 Å². The smallest absolute Gasteiger partial charge is 0.320 e. The number of pyridine rings is 1. The van der Waals surface area contributed by atoms with Crippen LogP contribution < -0.4 is 4.74 Å². The maximum atomic E-state index is 12.9. The van der Waals surface area contributed by atoms with Gasteiger partial charge in [-0.15, -0.1) is 5.10 Å². The molecule has 2 saturated carbocycles. The Morgan fingerprint density at radius 1 is 1.20 bits per heavy atom. The van der Waals surface area contributed by atoms with Gasteiger partial charge in [0.25, 0.3) is 0 Å². The molecule has 1 unspecified atom stereocenters. The van der Waals surface area contributed by atoms with Gasteiger partial charge in [-0.3, -0.25) is 4.79 Å². The normalized spacial score (nSPS) is 24.8. The fourth-order valence-electron chi connectivity index (χ4n) is 5.33. The molecule has 0 radical (unpaired) electrons. The van der Waals surface area contributed by atoms with Crippen molar-refractivity contribution in [1.82, 2.24) is 29.8 Å². The summed E-state index contributed by atoms with van der Waals surface area (Å²) in [5, 5.41) is 17.9. The zero-order chi connectivity index (χ0) is 24.7. The number of hydrogen-bond donors (Lipinski definition) is 1. The molecule has 3 heterocycles. The first-order chi connectivity index (χ1) is 16.8. The van der Waals surface area contributed by atoms with Crippen molar-refractivity contribution < 1.29 is 19.4 Å². The highest BCUT2D eigenvalue weighted by Gasteiger charge is 2.38. The Morgan fingerprint density at radius 3 is 2.71 bits per heavy atom. The van der Waals surface area contributed by atoms with Gasteiger partial charge in [-0.1, -0.05) is 18.1 Å². The third-order valence-corrected chi connectivity index (χ3v) is 7.69. The van der Waals surface area contributed by atoms with Gasteiger partial charge >= 0.3 is 12.0 Å².